The van der Waals surface area contributed by atoms with Gasteiger partial charge in [-0.25, -0.2) is 0 Å². The molecule has 0 heterocycles. The molecular formula is C14H31N2O+. The first-order valence-corrected chi connectivity index (χ1v) is 7.11. The van der Waals surface area contributed by atoms with Crippen LogP contribution >= 0.6 is 0 Å². The lowest BCUT2D eigenvalue weighted by molar-refractivity contribution is -0.877. The summed E-state index contributed by atoms with van der Waals surface area (Å²) in [6.45, 7) is 11.7. The molecule has 0 aromatic heterocycles. The van der Waals surface area contributed by atoms with Crippen LogP contribution in [0.25, 0.3) is 0 Å². The number of nitrogens with one attached hydrogen (secondary N) is 2. The van der Waals surface area contributed by atoms with Crippen LogP contribution in [0, 0.1) is 11.8 Å². The van der Waals surface area contributed by atoms with Gasteiger partial charge in [-0.2, -0.15) is 0 Å². The average molecular weight is 243 g/mol. The first-order chi connectivity index (χ1) is 8.02. The van der Waals surface area contributed by atoms with Crippen molar-refractivity contribution in [2.24, 2.45) is 11.8 Å². The van der Waals surface area contributed by atoms with Gasteiger partial charge in [-0.1, -0.05) is 33.6 Å². The fourth-order valence-corrected chi connectivity index (χ4v) is 1.90. The van der Waals surface area contributed by atoms with Crippen molar-refractivity contribution in [2.45, 2.75) is 47.0 Å². The van der Waals surface area contributed by atoms with Crippen molar-refractivity contribution in [2.75, 3.05) is 26.7 Å². The van der Waals surface area contributed by atoms with Crippen LogP contribution in [0.1, 0.15) is 47.0 Å². The molecule has 2 N–H and O–H groups in total. The van der Waals surface area contributed by atoms with Gasteiger partial charge in [0.2, 0.25) is 5.91 Å². The highest BCUT2D eigenvalue weighted by molar-refractivity contribution is 5.78. The van der Waals surface area contributed by atoms with Crippen LogP contribution in [-0.2, 0) is 4.79 Å². The zero-order chi connectivity index (χ0) is 13.3. The summed E-state index contributed by atoms with van der Waals surface area (Å²) >= 11 is 0. The Bertz CT molecular complexity index is 206. The molecule has 0 radical (unpaired) electrons. The van der Waals surface area contributed by atoms with Crippen LogP contribution in [0.3, 0.4) is 0 Å². The molecule has 0 saturated heterocycles. The van der Waals surface area contributed by atoms with E-state index in [1.165, 1.54) is 4.90 Å². The van der Waals surface area contributed by atoms with Crippen molar-refractivity contribution < 1.29 is 9.69 Å². The van der Waals surface area contributed by atoms with Gasteiger partial charge in [0, 0.05) is 18.9 Å². The monoisotopic (exact) mass is 243 g/mol. The van der Waals surface area contributed by atoms with Crippen molar-refractivity contribution in [3.05, 3.63) is 0 Å². The second-order valence-electron chi connectivity index (χ2n) is 5.26. The summed E-state index contributed by atoms with van der Waals surface area (Å²) in [6.07, 6.45) is 3.36. The van der Waals surface area contributed by atoms with E-state index in [0.29, 0.717) is 5.92 Å². The van der Waals surface area contributed by atoms with Gasteiger partial charge in [0.25, 0.3) is 0 Å². The number of carbonyl (C=O) groups excluding carboxylic acids is 1. The first-order valence-electron chi connectivity index (χ1n) is 7.11. The number of amides is 1. The SMILES string of the molecule is CCCC(C)C(C)C(=O)NCCC[NH+](C)CC. The lowest BCUT2D eigenvalue weighted by Gasteiger charge is -2.19. The molecule has 102 valence electrons. The number of rotatable bonds is 9. The van der Waals surface area contributed by atoms with E-state index in [4.69, 9.17) is 0 Å². The molecule has 3 atom stereocenters. The molecule has 0 aliphatic heterocycles. The summed E-state index contributed by atoms with van der Waals surface area (Å²) in [5.74, 6) is 0.857. The maximum absolute atomic E-state index is 11.9. The van der Waals surface area contributed by atoms with Crippen molar-refractivity contribution in [1.29, 1.82) is 0 Å². The molecule has 0 rings (SSSR count). The summed E-state index contributed by atoms with van der Waals surface area (Å²) in [4.78, 5) is 13.4. The third-order valence-electron chi connectivity index (χ3n) is 3.69. The highest BCUT2D eigenvalue weighted by atomic mass is 16.1. The molecule has 3 unspecified atom stereocenters. The van der Waals surface area contributed by atoms with Gasteiger partial charge in [0.15, 0.2) is 0 Å². The zero-order valence-corrected chi connectivity index (χ0v) is 12.3. The summed E-state index contributed by atoms with van der Waals surface area (Å²) in [7, 11) is 2.19. The summed E-state index contributed by atoms with van der Waals surface area (Å²) in [5.41, 5.74) is 0. The maximum atomic E-state index is 11.9. The van der Waals surface area contributed by atoms with Gasteiger partial charge >= 0.3 is 0 Å². The largest absolute Gasteiger partial charge is 0.356 e. The van der Waals surface area contributed by atoms with Gasteiger partial charge in [-0.15, -0.1) is 0 Å². The van der Waals surface area contributed by atoms with E-state index in [-0.39, 0.29) is 11.8 Å². The third kappa shape index (κ3) is 7.37. The van der Waals surface area contributed by atoms with Gasteiger partial charge in [0.1, 0.15) is 0 Å². The van der Waals surface area contributed by atoms with E-state index in [1.54, 1.807) is 0 Å². The summed E-state index contributed by atoms with van der Waals surface area (Å²) in [5, 5.41) is 3.05. The second kappa shape index (κ2) is 9.46. The van der Waals surface area contributed by atoms with Crippen LogP contribution in [0.5, 0.6) is 0 Å². The van der Waals surface area contributed by atoms with Gasteiger partial charge < -0.3 is 10.2 Å². The number of quaternary nitrogens is 1. The average Bonchev–Trinajstić information content (AvgIpc) is 2.33. The quantitative estimate of drug-likeness (QED) is 0.584. The molecule has 0 bridgehead atoms. The van der Waals surface area contributed by atoms with Gasteiger partial charge in [-0.3, -0.25) is 4.79 Å². The normalized spacial score (nSPS) is 16.3. The summed E-state index contributed by atoms with van der Waals surface area (Å²) < 4.78 is 0. The minimum absolute atomic E-state index is 0.145. The minimum Gasteiger partial charge on any atom is -0.356 e. The number of hydrogen-bond acceptors (Lipinski definition) is 1. The predicted molar refractivity (Wildman–Crippen MR) is 73.2 cm³/mol. The first kappa shape index (κ1) is 16.4. The molecule has 0 aromatic carbocycles. The van der Waals surface area contributed by atoms with Gasteiger partial charge in [0.05, 0.1) is 20.1 Å². The molecule has 0 aliphatic carbocycles. The fourth-order valence-electron chi connectivity index (χ4n) is 1.90. The Morgan fingerprint density at radius 1 is 1.29 bits per heavy atom. The Hall–Kier alpha value is -0.570. The fraction of sp³-hybridized carbons (Fsp3) is 0.929. The van der Waals surface area contributed by atoms with E-state index >= 15 is 0 Å². The van der Waals surface area contributed by atoms with Crippen LogP contribution in [0.4, 0.5) is 0 Å². The van der Waals surface area contributed by atoms with Crippen molar-refractivity contribution in [1.82, 2.24) is 5.32 Å². The molecule has 0 aliphatic rings. The molecule has 0 spiro atoms. The van der Waals surface area contributed by atoms with E-state index in [9.17, 15) is 4.79 Å². The van der Waals surface area contributed by atoms with Crippen LogP contribution in [-0.4, -0.2) is 32.6 Å². The third-order valence-corrected chi connectivity index (χ3v) is 3.69. The Morgan fingerprint density at radius 2 is 1.94 bits per heavy atom. The number of carbonyl (C=O) groups is 1. The lowest BCUT2D eigenvalue weighted by atomic mass is 9.91. The molecule has 3 heteroatoms. The van der Waals surface area contributed by atoms with E-state index in [1.807, 2.05) is 6.92 Å². The predicted octanol–water partition coefficient (Wildman–Crippen LogP) is 1.10. The highest BCUT2D eigenvalue weighted by Gasteiger charge is 2.18. The Kier molecular flexibility index (Phi) is 9.14. The van der Waals surface area contributed by atoms with Crippen molar-refractivity contribution in [3.8, 4) is 0 Å². The van der Waals surface area contributed by atoms with Gasteiger partial charge in [-0.05, 0) is 12.8 Å². The molecule has 3 nitrogen and oxygen atoms in total. The molecule has 1 amide bonds. The van der Waals surface area contributed by atoms with Crippen molar-refractivity contribution >= 4 is 5.91 Å². The minimum atomic E-state index is 0.145. The maximum Gasteiger partial charge on any atom is 0.223 e. The van der Waals surface area contributed by atoms with E-state index in [0.717, 1.165) is 38.9 Å². The van der Waals surface area contributed by atoms with E-state index < -0.39 is 0 Å². The Labute approximate surface area is 107 Å². The smallest absolute Gasteiger partial charge is 0.223 e. The lowest BCUT2D eigenvalue weighted by Crippen LogP contribution is -3.08. The molecule has 17 heavy (non-hydrogen) atoms. The van der Waals surface area contributed by atoms with Crippen LogP contribution < -0.4 is 10.2 Å². The standard InChI is InChI=1S/C14H30N2O/c1-6-9-12(3)13(4)14(17)15-10-8-11-16(5)7-2/h12-13H,6-11H2,1-5H3,(H,15,17)/p+1. The van der Waals surface area contributed by atoms with E-state index in [2.05, 4.69) is 33.1 Å². The molecule has 0 fully saturated rings. The Morgan fingerprint density at radius 3 is 2.47 bits per heavy atom. The highest BCUT2D eigenvalue weighted by Crippen LogP contribution is 2.16. The zero-order valence-electron chi connectivity index (χ0n) is 12.3. The van der Waals surface area contributed by atoms with Crippen molar-refractivity contribution in [3.63, 3.8) is 0 Å². The van der Waals surface area contributed by atoms with Crippen LogP contribution in [0.15, 0.2) is 0 Å². The molecule has 0 saturated carbocycles. The second-order valence-corrected chi connectivity index (χ2v) is 5.26. The summed E-state index contributed by atoms with van der Waals surface area (Å²) in [6, 6.07) is 0. The molecule has 0 aromatic rings. The number of hydrogen-bond donors (Lipinski definition) is 2. The molecular weight excluding hydrogens is 212 g/mol. The van der Waals surface area contributed by atoms with Crippen LogP contribution in [0.2, 0.25) is 0 Å². The Balaban J connectivity index is 3.71. The topological polar surface area (TPSA) is 33.5 Å².